The predicted molar refractivity (Wildman–Crippen MR) is 141 cm³/mol. The molecule has 10 heteroatoms. The lowest BCUT2D eigenvalue weighted by molar-refractivity contribution is -0.122. The molecule has 0 spiro atoms. The van der Waals surface area contributed by atoms with Gasteiger partial charge in [-0.2, -0.15) is 0 Å². The van der Waals surface area contributed by atoms with Gasteiger partial charge in [0.05, 0.1) is 19.3 Å². The molecule has 1 aliphatic heterocycles. The third-order valence-corrected chi connectivity index (χ3v) is 5.52. The molecule has 2 aromatic heterocycles. The van der Waals surface area contributed by atoms with Gasteiger partial charge >= 0.3 is 0 Å². The van der Waals surface area contributed by atoms with Gasteiger partial charge < -0.3 is 25.7 Å². The number of nitrogens with zero attached hydrogens (tertiary/aromatic N) is 4. The summed E-state index contributed by atoms with van der Waals surface area (Å²) in [6.07, 6.45) is 5.09. The van der Waals surface area contributed by atoms with Gasteiger partial charge in [-0.3, -0.25) is 4.79 Å². The summed E-state index contributed by atoms with van der Waals surface area (Å²) in [5.41, 5.74) is 6.43. The molecule has 1 fully saturated rings. The number of nitrogens with two attached hydrogens (primary N) is 1. The van der Waals surface area contributed by atoms with Crippen molar-refractivity contribution in [2.75, 3.05) is 24.5 Å². The van der Waals surface area contributed by atoms with Crippen molar-refractivity contribution in [3.8, 4) is 0 Å². The smallest absolute Gasteiger partial charge is 0.220 e. The molecule has 2 aromatic rings. The summed E-state index contributed by atoms with van der Waals surface area (Å²) in [5, 5.41) is 6.55. The second-order valence-electron chi connectivity index (χ2n) is 9.07. The number of carbonyl (C=O) groups excluding carboxylic acids is 1. The van der Waals surface area contributed by atoms with Crippen LogP contribution in [0.3, 0.4) is 0 Å². The highest BCUT2D eigenvalue weighted by molar-refractivity contribution is 14.0. The first-order valence-electron chi connectivity index (χ1n) is 11.2. The second kappa shape index (κ2) is 12.2. The number of guanidine groups is 1. The number of pyridine rings is 1. The highest BCUT2D eigenvalue weighted by atomic mass is 127. The topological polar surface area (TPSA) is 122 Å². The Hall–Kier alpha value is -2.37. The summed E-state index contributed by atoms with van der Waals surface area (Å²) < 4.78 is 5.86. The number of hydrogen-bond donors (Lipinski definition) is 3. The van der Waals surface area contributed by atoms with Crippen LogP contribution in [-0.4, -0.2) is 41.5 Å². The van der Waals surface area contributed by atoms with Crippen LogP contribution in [0.15, 0.2) is 33.9 Å². The van der Waals surface area contributed by atoms with Gasteiger partial charge in [-0.15, -0.1) is 24.0 Å². The fourth-order valence-corrected chi connectivity index (χ4v) is 3.62. The minimum Gasteiger partial charge on any atom is -0.443 e. The SMILES string of the molecule is CCNC(=NCc1cccnc1N1CCC(C(N)=O)CC1)NCc1ncc(C(C)(C)C)o1.I. The van der Waals surface area contributed by atoms with E-state index in [0.717, 1.165) is 49.6 Å². The van der Waals surface area contributed by atoms with E-state index in [4.69, 9.17) is 15.1 Å². The van der Waals surface area contributed by atoms with E-state index in [1.165, 1.54) is 0 Å². The molecule has 1 aliphatic rings. The number of primary amides is 1. The number of amides is 1. The van der Waals surface area contributed by atoms with Crippen molar-refractivity contribution in [1.82, 2.24) is 20.6 Å². The summed E-state index contributed by atoms with van der Waals surface area (Å²) >= 11 is 0. The first kappa shape index (κ1) is 26.9. The summed E-state index contributed by atoms with van der Waals surface area (Å²) in [7, 11) is 0. The lowest BCUT2D eigenvalue weighted by Crippen LogP contribution is -2.39. The number of halogens is 1. The number of nitrogens with one attached hydrogen (secondary N) is 2. The zero-order valence-electron chi connectivity index (χ0n) is 19.9. The molecule has 1 amide bonds. The number of anilines is 1. The highest BCUT2D eigenvalue weighted by Crippen LogP contribution is 2.25. The van der Waals surface area contributed by atoms with Gasteiger partial charge in [0.1, 0.15) is 11.6 Å². The zero-order chi connectivity index (χ0) is 23.1. The average molecular weight is 569 g/mol. The third kappa shape index (κ3) is 7.58. The maximum atomic E-state index is 11.5. The van der Waals surface area contributed by atoms with Crippen LogP contribution in [0.25, 0.3) is 0 Å². The third-order valence-electron chi connectivity index (χ3n) is 5.52. The predicted octanol–water partition coefficient (Wildman–Crippen LogP) is 2.94. The molecule has 3 rings (SSSR count). The van der Waals surface area contributed by atoms with Crippen LogP contribution in [0.5, 0.6) is 0 Å². The molecular formula is C23H36IN7O2. The maximum Gasteiger partial charge on any atom is 0.220 e. The van der Waals surface area contributed by atoms with Crippen LogP contribution in [0.2, 0.25) is 0 Å². The molecule has 1 saturated heterocycles. The Morgan fingerprint density at radius 1 is 1.27 bits per heavy atom. The van der Waals surface area contributed by atoms with Gasteiger partial charge in [-0.25, -0.2) is 15.0 Å². The van der Waals surface area contributed by atoms with Gasteiger partial charge in [0.15, 0.2) is 5.96 Å². The van der Waals surface area contributed by atoms with Crippen LogP contribution in [0, 0.1) is 5.92 Å². The second-order valence-corrected chi connectivity index (χ2v) is 9.07. The molecule has 0 atom stereocenters. The first-order valence-corrected chi connectivity index (χ1v) is 11.2. The van der Waals surface area contributed by atoms with E-state index >= 15 is 0 Å². The van der Waals surface area contributed by atoms with E-state index < -0.39 is 0 Å². The zero-order valence-corrected chi connectivity index (χ0v) is 22.3. The molecule has 9 nitrogen and oxygen atoms in total. The lowest BCUT2D eigenvalue weighted by atomic mass is 9.94. The Morgan fingerprint density at radius 2 is 2.00 bits per heavy atom. The minimum atomic E-state index is -0.211. The van der Waals surface area contributed by atoms with Crippen molar-refractivity contribution < 1.29 is 9.21 Å². The van der Waals surface area contributed by atoms with E-state index in [1.54, 1.807) is 12.4 Å². The Morgan fingerprint density at radius 3 is 2.61 bits per heavy atom. The van der Waals surface area contributed by atoms with Gasteiger partial charge in [0.25, 0.3) is 0 Å². The molecule has 182 valence electrons. The molecule has 3 heterocycles. The number of rotatable bonds is 7. The van der Waals surface area contributed by atoms with E-state index in [0.29, 0.717) is 24.9 Å². The summed E-state index contributed by atoms with van der Waals surface area (Å²) in [6, 6.07) is 3.96. The van der Waals surface area contributed by atoms with Crippen LogP contribution < -0.4 is 21.3 Å². The number of aromatic nitrogens is 2. The number of piperidine rings is 1. The van der Waals surface area contributed by atoms with Crippen molar-refractivity contribution in [2.45, 2.75) is 59.0 Å². The largest absolute Gasteiger partial charge is 0.443 e. The molecule has 0 aromatic carbocycles. The molecule has 33 heavy (non-hydrogen) atoms. The molecule has 0 aliphatic carbocycles. The Kier molecular flexibility index (Phi) is 9.93. The van der Waals surface area contributed by atoms with Crippen molar-refractivity contribution in [3.05, 3.63) is 41.7 Å². The minimum absolute atomic E-state index is 0. The average Bonchev–Trinajstić information content (AvgIpc) is 3.26. The lowest BCUT2D eigenvalue weighted by Gasteiger charge is -2.32. The van der Waals surface area contributed by atoms with E-state index in [9.17, 15) is 4.79 Å². The Labute approximate surface area is 213 Å². The maximum absolute atomic E-state index is 11.5. The Bertz CT molecular complexity index is 931. The molecule has 0 radical (unpaired) electrons. The van der Waals surface area contributed by atoms with Crippen molar-refractivity contribution in [1.29, 1.82) is 0 Å². The number of hydrogen-bond acceptors (Lipinski definition) is 6. The van der Waals surface area contributed by atoms with Crippen LogP contribution in [0.1, 0.15) is 57.8 Å². The molecular weight excluding hydrogens is 533 g/mol. The summed E-state index contributed by atoms with van der Waals surface area (Å²) in [4.78, 5) is 27.4. The van der Waals surface area contributed by atoms with Gasteiger partial charge in [-0.1, -0.05) is 26.8 Å². The van der Waals surface area contributed by atoms with Crippen molar-refractivity contribution >= 4 is 41.7 Å². The van der Waals surface area contributed by atoms with E-state index in [1.807, 2.05) is 19.1 Å². The fourth-order valence-electron chi connectivity index (χ4n) is 3.62. The summed E-state index contributed by atoms with van der Waals surface area (Å²) in [6.45, 7) is 11.5. The van der Waals surface area contributed by atoms with Crippen molar-refractivity contribution in [3.63, 3.8) is 0 Å². The molecule has 4 N–H and O–H groups in total. The number of aliphatic imine (C=N–C) groups is 1. The normalized spacial score (nSPS) is 15.2. The molecule has 0 bridgehead atoms. The van der Waals surface area contributed by atoms with E-state index in [-0.39, 0.29) is 41.2 Å². The molecule has 0 unspecified atom stereocenters. The Balaban J connectivity index is 0.00000385. The van der Waals surface area contributed by atoms with Crippen molar-refractivity contribution in [2.24, 2.45) is 16.6 Å². The van der Waals surface area contributed by atoms with Crippen LogP contribution >= 0.6 is 24.0 Å². The van der Waals surface area contributed by atoms with Crippen LogP contribution in [0.4, 0.5) is 5.82 Å². The quantitative estimate of drug-likeness (QED) is 0.266. The first-order chi connectivity index (χ1) is 15.3. The fraction of sp³-hybridized carbons (Fsp3) is 0.565. The number of carbonyl (C=O) groups is 1. The van der Waals surface area contributed by atoms with Crippen LogP contribution in [-0.2, 0) is 23.3 Å². The molecule has 0 saturated carbocycles. The van der Waals surface area contributed by atoms with E-state index in [2.05, 4.69) is 46.3 Å². The summed E-state index contributed by atoms with van der Waals surface area (Å²) in [5.74, 6) is 2.83. The standard InChI is InChI=1S/C23H35N7O2.HI/c1-5-25-22(29-15-19-27-14-18(32-19)23(2,3)4)28-13-17-7-6-10-26-21(17)30-11-8-16(9-12-30)20(24)31;/h6-7,10,14,16H,5,8-9,11-13,15H2,1-4H3,(H2,24,31)(H2,25,28,29);1H. The van der Waals surface area contributed by atoms with Gasteiger partial charge in [-0.05, 0) is 25.8 Å². The van der Waals surface area contributed by atoms with Gasteiger partial charge in [0.2, 0.25) is 11.8 Å². The monoisotopic (exact) mass is 569 g/mol. The number of oxazole rings is 1. The highest BCUT2D eigenvalue weighted by Gasteiger charge is 2.25. The van der Waals surface area contributed by atoms with Gasteiger partial charge in [0, 0.05) is 42.7 Å².